The zero-order valence-electron chi connectivity index (χ0n) is 15.8. The first-order chi connectivity index (χ1) is 13.4. The van der Waals surface area contributed by atoms with Crippen LogP contribution in [0.15, 0.2) is 71.8 Å². The molecule has 28 heavy (non-hydrogen) atoms. The van der Waals surface area contributed by atoms with E-state index in [0.29, 0.717) is 5.75 Å². The summed E-state index contributed by atoms with van der Waals surface area (Å²) >= 11 is 0. The number of sulfonamides is 1. The molecule has 3 aromatic rings. The largest absolute Gasteiger partial charge is 0.497 e. The number of ether oxygens (including phenoxy) is 2. The van der Waals surface area contributed by atoms with Crippen molar-refractivity contribution in [2.45, 2.75) is 4.90 Å². The first kappa shape index (κ1) is 19.5. The van der Waals surface area contributed by atoms with Crippen LogP contribution >= 0.6 is 0 Å². The lowest BCUT2D eigenvalue weighted by Crippen LogP contribution is -2.15. The van der Waals surface area contributed by atoms with Crippen LogP contribution in [0, 0.1) is 0 Å². The fourth-order valence-electron chi connectivity index (χ4n) is 2.63. The van der Waals surface area contributed by atoms with Gasteiger partial charge in [0.25, 0.3) is 10.0 Å². The second-order valence-corrected chi connectivity index (χ2v) is 7.57. The second-order valence-electron chi connectivity index (χ2n) is 5.92. The quantitative estimate of drug-likeness (QED) is 0.653. The van der Waals surface area contributed by atoms with Gasteiger partial charge in [-0.3, -0.25) is 4.72 Å². The van der Waals surface area contributed by atoms with E-state index in [1.54, 1.807) is 30.5 Å². The Morgan fingerprint density at radius 1 is 0.929 bits per heavy atom. The summed E-state index contributed by atoms with van der Waals surface area (Å²) in [6.45, 7) is 0. The summed E-state index contributed by atoms with van der Waals surface area (Å²) in [5, 5.41) is 0. The zero-order valence-corrected chi connectivity index (χ0v) is 16.6. The lowest BCUT2D eigenvalue weighted by molar-refractivity contribution is 0.392. The molecular weight excluding hydrogens is 378 g/mol. The van der Waals surface area contributed by atoms with Crippen LogP contribution in [-0.4, -0.2) is 34.7 Å². The van der Waals surface area contributed by atoms with Crippen molar-refractivity contribution in [2.24, 2.45) is 0 Å². The number of aromatic nitrogens is 1. The summed E-state index contributed by atoms with van der Waals surface area (Å²) < 4.78 is 38.3. The minimum atomic E-state index is -3.91. The molecule has 0 fully saturated rings. The molecule has 0 bridgehead atoms. The van der Waals surface area contributed by atoms with E-state index < -0.39 is 10.0 Å². The Hall–Kier alpha value is -3.26. The van der Waals surface area contributed by atoms with Crippen molar-refractivity contribution in [3.63, 3.8) is 0 Å². The molecule has 1 N–H and O–H groups in total. The van der Waals surface area contributed by atoms with E-state index in [2.05, 4.69) is 9.71 Å². The molecular formula is C20H21N3O4S. The Bertz CT molecular complexity index is 1040. The normalized spacial score (nSPS) is 11.0. The number of pyridine rings is 1. The topological polar surface area (TPSA) is 80.8 Å². The number of nitrogens with one attached hydrogen (secondary N) is 1. The maximum Gasteiger partial charge on any atom is 0.266 e. The van der Waals surface area contributed by atoms with Gasteiger partial charge in [-0.2, -0.15) is 0 Å². The van der Waals surface area contributed by atoms with Crippen molar-refractivity contribution < 1.29 is 17.9 Å². The molecule has 0 amide bonds. The maximum atomic E-state index is 12.8. The van der Waals surface area contributed by atoms with Crippen LogP contribution in [0.3, 0.4) is 0 Å². The minimum absolute atomic E-state index is 0.0263. The van der Waals surface area contributed by atoms with E-state index >= 15 is 0 Å². The molecule has 0 unspecified atom stereocenters. The number of para-hydroxylation sites is 1. The predicted molar refractivity (Wildman–Crippen MR) is 109 cm³/mol. The lowest BCUT2D eigenvalue weighted by atomic mass is 10.3. The molecule has 0 saturated carbocycles. The van der Waals surface area contributed by atoms with Gasteiger partial charge in [-0.15, -0.1) is 0 Å². The fraction of sp³-hybridized carbons (Fsp3) is 0.150. The summed E-state index contributed by atoms with van der Waals surface area (Å²) in [5.74, 6) is 0.831. The van der Waals surface area contributed by atoms with Crippen LogP contribution in [0.5, 0.6) is 11.5 Å². The summed E-state index contributed by atoms with van der Waals surface area (Å²) in [6, 6.07) is 17.8. The molecule has 0 atom stereocenters. The Balaban J connectivity index is 1.84. The van der Waals surface area contributed by atoms with Crippen LogP contribution in [0.2, 0.25) is 0 Å². The standard InChI is InChI=1S/C20H21N3O4S/c1-23(15-7-5-4-6-8-15)16-9-12-20(21-14-16)22-28(24,25)19-13-17(26-2)10-11-18(19)27-3/h4-14H,1-3H3,(H,21,22). The highest BCUT2D eigenvalue weighted by Crippen LogP contribution is 2.30. The average molecular weight is 399 g/mol. The van der Waals surface area contributed by atoms with E-state index in [0.717, 1.165) is 11.4 Å². The van der Waals surface area contributed by atoms with Crippen molar-refractivity contribution >= 4 is 27.2 Å². The number of methoxy groups -OCH3 is 2. The molecule has 2 aromatic carbocycles. The molecule has 146 valence electrons. The van der Waals surface area contributed by atoms with Gasteiger partial charge in [-0.25, -0.2) is 13.4 Å². The summed E-state index contributed by atoms with van der Waals surface area (Å²) in [7, 11) is 0.886. The minimum Gasteiger partial charge on any atom is -0.497 e. The van der Waals surface area contributed by atoms with E-state index in [9.17, 15) is 8.42 Å². The van der Waals surface area contributed by atoms with Gasteiger partial charge < -0.3 is 14.4 Å². The third-order valence-electron chi connectivity index (χ3n) is 4.18. The third-order valence-corrected chi connectivity index (χ3v) is 5.55. The van der Waals surface area contributed by atoms with Gasteiger partial charge in [0.15, 0.2) is 0 Å². The zero-order chi connectivity index (χ0) is 20.1. The smallest absolute Gasteiger partial charge is 0.266 e. The highest BCUT2D eigenvalue weighted by atomic mass is 32.2. The highest BCUT2D eigenvalue weighted by Gasteiger charge is 2.21. The Labute approximate surface area is 164 Å². The van der Waals surface area contributed by atoms with Crippen molar-refractivity contribution in [1.29, 1.82) is 0 Å². The molecule has 1 aromatic heterocycles. The molecule has 8 heteroatoms. The first-order valence-electron chi connectivity index (χ1n) is 8.44. The van der Waals surface area contributed by atoms with E-state index in [1.807, 2.05) is 42.3 Å². The first-order valence-corrected chi connectivity index (χ1v) is 9.92. The summed E-state index contributed by atoms with van der Waals surface area (Å²) in [6.07, 6.45) is 1.60. The van der Waals surface area contributed by atoms with Crippen LogP contribution < -0.4 is 19.1 Å². The molecule has 0 aliphatic rings. The number of anilines is 3. The second kappa shape index (κ2) is 8.18. The SMILES string of the molecule is COc1ccc(OC)c(S(=O)(=O)Nc2ccc(N(C)c3ccccc3)cn2)c1. The molecule has 0 aliphatic carbocycles. The lowest BCUT2D eigenvalue weighted by Gasteiger charge is -2.19. The van der Waals surface area contributed by atoms with Gasteiger partial charge in [0.2, 0.25) is 0 Å². The number of hydrogen-bond donors (Lipinski definition) is 1. The van der Waals surface area contributed by atoms with Crippen LogP contribution in [0.25, 0.3) is 0 Å². The average Bonchev–Trinajstić information content (AvgIpc) is 2.73. The van der Waals surface area contributed by atoms with Crippen molar-refractivity contribution in [3.8, 4) is 11.5 Å². The van der Waals surface area contributed by atoms with E-state index in [4.69, 9.17) is 9.47 Å². The molecule has 3 rings (SSSR count). The molecule has 7 nitrogen and oxygen atoms in total. The van der Waals surface area contributed by atoms with Gasteiger partial charge in [0.05, 0.1) is 26.1 Å². The number of rotatable bonds is 7. The molecule has 1 heterocycles. The Kier molecular flexibility index (Phi) is 5.70. The van der Waals surface area contributed by atoms with Gasteiger partial charge >= 0.3 is 0 Å². The van der Waals surface area contributed by atoms with Crippen LogP contribution in [0.1, 0.15) is 0 Å². The van der Waals surface area contributed by atoms with Gasteiger partial charge in [0.1, 0.15) is 22.2 Å². The Morgan fingerprint density at radius 3 is 2.29 bits per heavy atom. The van der Waals surface area contributed by atoms with Crippen molar-refractivity contribution in [2.75, 3.05) is 30.9 Å². The maximum absolute atomic E-state index is 12.8. The molecule has 0 spiro atoms. The third kappa shape index (κ3) is 4.17. The molecule has 0 radical (unpaired) electrons. The van der Waals surface area contributed by atoms with Gasteiger partial charge in [0, 0.05) is 18.8 Å². The highest BCUT2D eigenvalue weighted by molar-refractivity contribution is 7.92. The van der Waals surface area contributed by atoms with E-state index in [1.165, 1.54) is 20.3 Å². The number of benzene rings is 2. The predicted octanol–water partition coefficient (Wildman–Crippen LogP) is 3.67. The molecule has 0 aliphatic heterocycles. The Morgan fingerprint density at radius 2 is 1.68 bits per heavy atom. The number of nitrogens with zero attached hydrogens (tertiary/aromatic N) is 2. The summed E-state index contributed by atoms with van der Waals surface area (Å²) in [5.41, 5.74) is 1.83. The van der Waals surface area contributed by atoms with Gasteiger partial charge in [-0.05, 0) is 36.4 Å². The van der Waals surface area contributed by atoms with Crippen molar-refractivity contribution in [1.82, 2.24) is 4.98 Å². The van der Waals surface area contributed by atoms with Crippen LogP contribution in [-0.2, 0) is 10.0 Å². The number of hydrogen-bond acceptors (Lipinski definition) is 6. The van der Waals surface area contributed by atoms with Crippen molar-refractivity contribution in [3.05, 3.63) is 66.9 Å². The van der Waals surface area contributed by atoms with Gasteiger partial charge in [-0.1, -0.05) is 18.2 Å². The van der Waals surface area contributed by atoms with E-state index in [-0.39, 0.29) is 16.5 Å². The molecule has 0 saturated heterocycles. The summed E-state index contributed by atoms with van der Waals surface area (Å²) in [4.78, 5) is 6.16. The monoisotopic (exact) mass is 399 g/mol. The fourth-order valence-corrected chi connectivity index (χ4v) is 3.83. The van der Waals surface area contributed by atoms with Crippen LogP contribution in [0.4, 0.5) is 17.2 Å².